The SMILES string of the molecule is Oc1ccc2c(c1)[C@]13CCCC[C@@H]1C(C2)N(Cc1ccccc1)CC3. The first kappa shape index (κ1) is 15.5. The van der Waals surface area contributed by atoms with Gasteiger partial charge >= 0.3 is 0 Å². The Bertz CT molecular complexity index is 771. The van der Waals surface area contributed by atoms with Crippen LogP contribution >= 0.6 is 0 Å². The van der Waals surface area contributed by atoms with E-state index in [9.17, 15) is 5.11 Å². The van der Waals surface area contributed by atoms with Crippen LogP contribution in [0.1, 0.15) is 48.8 Å². The van der Waals surface area contributed by atoms with Gasteiger partial charge in [-0.05, 0) is 67.0 Å². The molecule has 130 valence electrons. The fourth-order valence-corrected chi connectivity index (χ4v) is 6.09. The first-order chi connectivity index (χ1) is 12.3. The number of phenolic OH excluding ortho intramolecular Hbond substituents is 1. The van der Waals surface area contributed by atoms with E-state index in [0.29, 0.717) is 17.2 Å². The van der Waals surface area contributed by atoms with Gasteiger partial charge in [0.15, 0.2) is 0 Å². The third kappa shape index (κ3) is 2.42. The number of fused-ring (bicyclic) bond motifs is 1. The summed E-state index contributed by atoms with van der Waals surface area (Å²) in [5.74, 6) is 1.20. The molecule has 25 heavy (non-hydrogen) atoms. The molecule has 2 bridgehead atoms. The second kappa shape index (κ2) is 5.88. The molecule has 2 aliphatic carbocycles. The van der Waals surface area contributed by atoms with Crippen molar-refractivity contribution in [3.63, 3.8) is 0 Å². The van der Waals surface area contributed by atoms with Gasteiger partial charge in [0, 0.05) is 18.0 Å². The van der Waals surface area contributed by atoms with E-state index in [4.69, 9.17) is 0 Å². The van der Waals surface area contributed by atoms with E-state index >= 15 is 0 Å². The number of nitrogens with zero attached hydrogens (tertiary/aromatic N) is 1. The molecule has 2 fully saturated rings. The zero-order valence-electron chi connectivity index (χ0n) is 14.8. The summed E-state index contributed by atoms with van der Waals surface area (Å²) in [6.07, 6.45) is 7.77. The van der Waals surface area contributed by atoms with Crippen LogP contribution in [0.25, 0.3) is 0 Å². The Kier molecular flexibility index (Phi) is 3.63. The highest BCUT2D eigenvalue weighted by Gasteiger charge is 2.53. The average Bonchev–Trinajstić information content (AvgIpc) is 2.65. The van der Waals surface area contributed by atoms with Gasteiger partial charge in [0.25, 0.3) is 0 Å². The molecule has 1 heterocycles. The molecule has 2 nitrogen and oxygen atoms in total. The van der Waals surface area contributed by atoms with Crippen LogP contribution in [0.5, 0.6) is 5.75 Å². The van der Waals surface area contributed by atoms with Crippen molar-refractivity contribution in [1.82, 2.24) is 4.90 Å². The highest BCUT2D eigenvalue weighted by Crippen LogP contribution is 2.56. The fourth-order valence-electron chi connectivity index (χ4n) is 6.09. The van der Waals surface area contributed by atoms with Crippen molar-refractivity contribution < 1.29 is 5.11 Å². The highest BCUT2D eigenvalue weighted by atomic mass is 16.3. The number of piperidine rings is 1. The maximum atomic E-state index is 10.1. The first-order valence-electron chi connectivity index (χ1n) is 9.87. The van der Waals surface area contributed by atoms with E-state index < -0.39 is 0 Å². The maximum Gasteiger partial charge on any atom is 0.115 e. The quantitative estimate of drug-likeness (QED) is 0.864. The molecule has 2 heteroatoms. The summed E-state index contributed by atoms with van der Waals surface area (Å²) in [4.78, 5) is 2.75. The largest absolute Gasteiger partial charge is 0.508 e. The maximum absolute atomic E-state index is 10.1. The molecule has 0 aromatic heterocycles. The summed E-state index contributed by atoms with van der Waals surface area (Å²) in [6, 6.07) is 17.8. The molecule has 1 aliphatic heterocycles. The number of hydrogen-bond acceptors (Lipinski definition) is 2. The van der Waals surface area contributed by atoms with Crippen LogP contribution < -0.4 is 0 Å². The van der Waals surface area contributed by atoms with E-state index in [-0.39, 0.29) is 0 Å². The molecule has 1 unspecified atom stereocenters. The molecule has 5 rings (SSSR count). The van der Waals surface area contributed by atoms with Crippen LogP contribution in [0.3, 0.4) is 0 Å². The standard InChI is InChI=1S/C23H27NO/c25-19-10-9-18-14-22-20-8-4-5-11-23(20,21(18)15-19)12-13-24(22)16-17-6-2-1-3-7-17/h1-3,6-7,9-10,15,20,22,25H,4-5,8,11-14,16H2/t20-,22?,23+/m1/s1. The number of aromatic hydroxyl groups is 1. The first-order valence-corrected chi connectivity index (χ1v) is 9.87. The van der Waals surface area contributed by atoms with Crippen LogP contribution in [-0.4, -0.2) is 22.6 Å². The van der Waals surface area contributed by atoms with Crippen molar-refractivity contribution in [2.24, 2.45) is 5.92 Å². The summed E-state index contributed by atoms with van der Waals surface area (Å²) in [7, 11) is 0. The lowest BCUT2D eigenvalue weighted by Crippen LogP contribution is -2.60. The minimum absolute atomic E-state index is 0.322. The number of hydrogen-bond donors (Lipinski definition) is 1. The molecular formula is C23H27NO. The van der Waals surface area contributed by atoms with E-state index in [1.54, 1.807) is 0 Å². The number of rotatable bonds is 2. The lowest BCUT2D eigenvalue weighted by Gasteiger charge is -2.59. The third-order valence-corrected chi connectivity index (χ3v) is 7.16. The molecule has 0 amide bonds. The van der Waals surface area contributed by atoms with Gasteiger partial charge in [-0.3, -0.25) is 4.90 Å². The molecule has 2 aromatic carbocycles. The zero-order chi connectivity index (χ0) is 16.9. The van der Waals surface area contributed by atoms with E-state index in [2.05, 4.69) is 47.4 Å². The smallest absolute Gasteiger partial charge is 0.115 e. The average molecular weight is 333 g/mol. The van der Waals surface area contributed by atoms with Crippen molar-refractivity contribution in [3.8, 4) is 5.75 Å². The lowest BCUT2D eigenvalue weighted by molar-refractivity contribution is -0.0157. The van der Waals surface area contributed by atoms with Crippen LogP contribution in [-0.2, 0) is 18.4 Å². The Hall–Kier alpha value is -1.80. The van der Waals surface area contributed by atoms with Crippen molar-refractivity contribution in [3.05, 3.63) is 65.2 Å². The van der Waals surface area contributed by atoms with Gasteiger partial charge < -0.3 is 5.11 Å². The normalized spacial score (nSPS) is 31.2. The summed E-state index contributed by atoms with van der Waals surface area (Å²) in [5, 5.41) is 10.1. The Balaban J connectivity index is 1.54. The molecule has 3 aliphatic rings. The fraction of sp³-hybridized carbons (Fsp3) is 0.478. The Morgan fingerprint density at radius 2 is 1.92 bits per heavy atom. The van der Waals surface area contributed by atoms with Crippen molar-refractivity contribution in [2.75, 3.05) is 6.54 Å². The number of benzene rings is 2. The molecule has 0 radical (unpaired) electrons. The van der Waals surface area contributed by atoms with Crippen LogP contribution in [0.2, 0.25) is 0 Å². The lowest BCUT2D eigenvalue weighted by atomic mass is 9.52. The molecule has 1 saturated heterocycles. The van der Waals surface area contributed by atoms with Gasteiger partial charge in [0.2, 0.25) is 0 Å². The van der Waals surface area contributed by atoms with Crippen LogP contribution in [0.15, 0.2) is 48.5 Å². The Morgan fingerprint density at radius 3 is 2.80 bits per heavy atom. The minimum Gasteiger partial charge on any atom is -0.508 e. The monoisotopic (exact) mass is 333 g/mol. The third-order valence-electron chi connectivity index (χ3n) is 7.16. The predicted molar refractivity (Wildman–Crippen MR) is 101 cm³/mol. The molecule has 0 spiro atoms. The predicted octanol–water partition coefficient (Wildman–Crippen LogP) is 4.65. The summed E-state index contributed by atoms with van der Waals surface area (Å²) in [5.41, 5.74) is 4.72. The van der Waals surface area contributed by atoms with Gasteiger partial charge in [0.05, 0.1) is 0 Å². The van der Waals surface area contributed by atoms with E-state index in [0.717, 1.165) is 18.9 Å². The second-order valence-electron chi connectivity index (χ2n) is 8.33. The zero-order valence-corrected chi connectivity index (χ0v) is 14.8. The summed E-state index contributed by atoms with van der Waals surface area (Å²) >= 11 is 0. The highest BCUT2D eigenvalue weighted by molar-refractivity contribution is 5.45. The molecule has 1 saturated carbocycles. The molecule has 3 atom stereocenters. The Labute approximate surface area is 150 Å². The van der Waals surface area contributed by atoms with Crippen molar-refractivity contribution in [1.29, 1.82) is 0 Å². The van der Waals surface area contributed by atoms with E-state index in [1.807, 2.05) is 6.07 Å². The van der Waals surface area contributed by atoms with Gasteiger partial charge in [-0.1, -0.05) is 49.2 Å². The topological polar surface area (TPSA) is 23.5 Å². The van der Waals surface area contributed by atoms with Crippen LogP contribution in [0, 0.1) is 5.92 Å². The summed E-state index contributed by atoms with van der Waals surface area (Å²) in [6.45, 7) is 2.26. The van der Waals surface area contributed by atoms with Crippen molar-refractivity contribution in [2.45, 2.75) is 56.5 Å². The molecular weight excluding hydrogens is 306 g/mol. The van der Waals surface area contributed by atoms with Gasteiger partial charge in [-0.15, -0.1) is 0 Å². The molecule has 2 aromatic rings. The number of likely N-dealkylation sites (tertiary alicyclic amines) is 1. The molecule has 1 N–H and O–H groups in total. The minimum atomic E-state index is 0.322. The van der Waals surface area contributed by atoms with E-state index in [1.165, 1.54) is 55.3 Å². The van der Waals surface area contributed by atoms with Crippen molar-refractivity contribution >= 4 is 0 Å². The van der Waals surface area contributed by atoms with Gasteiger partial charge in [-0.2, -0.15) is 0 Å². The number of phenols is 1. The van der Waals surface area contributed by atoms with Gasteiger partial charge in [0.1, 0.15) is 5.75 Å². The van der Waals surface area contributed by atoms with Crippen LogP contribution in [0.4, 0.5) is 0 Å². The Morgan fingerprint density at radius 1 is 1.04 bits per heavy atom. The van der Waals surface area contributed by atoms with Gasteiger partial charge in [-0.25, -0.2) is 0 Å². The summed E-state index contributed by atoms with van der Waals surface area (Å²) < 4.78 is 0. The second-order valence-corrected chi connectivity index (χ2v) is 8.33.